The van der Waals surface area contributed by atoms with E-state index in [1.165, 1.54) is 31.8 Å². The van der Waals surface area contributed by atoms with Crippen LogP contribution in [0.15, 0.2) is 59.5 Å². The molecule has 1 aliphatic rings. The molecule has 18 heavy (non-hydrogen) atoms. The minimum Gasteiger partial charge on any atom is -0.139 e. The first kappa shape index (κ1) is 10.7. The Morgan fingerprint density at radius 2 is 1.78 bits per heavy atom. The van der Waals surface area contributed by atoms with Crippen molar-refractivity contribution in [3.63, 3.8) is 0 Å². The normalized spacial score (nSPS) is 18.1. The summed E-state index contributed by atoms with van der Waals surface area (Å²) in [6, 6.07) is 19.8. The number of thioether (sulfide) groups is 1. The van der Waals surface area contributed by atoms with E-state index in [1.54, 1.807) is 0 Å². The number of rotatable bonds is 1. The molecule has 0 N–H and O–H groups in total. The molecule has 2 heteroatoms. The van der Waals surface area contributed by atoms with E-state index >= 15 is 0 Å². The van der Waals surface area contributed by atoms with Gasteiger partial charge < -0.3 is 0 Å². The summed E-state index contributed by atoms with van der Waals surface area (Å²) in [6.45, 7) is 0. The second-order valence-electron chi connectivity index (χ2n) is 4.60. The summed E-state index contributed by atoms with van der Waals surface area (Å²) in [7, 11) is 0. The Labute approximate surface area is 115 Å². The largest absolute Gasteiger partial charge is 0.139 e. The van der Waals surface area contributed by atoms with Crippen molar-refractivity contribution < 1.29 is 0 Å². The first-order valence-corrected chi connectivity index (χ1v) is 7.83. The summed E-state index contributed by atoms with van der Waals surface area (Å²) in [5, 5.41) is 1.99. The molecule has 0 spiro atoms. The van der Waals surface area contributed by atoms with Gasteiger partial charge in [0, 0.05) is 19.7 Å². The summed E-state index contributed by atoms with van der Waals surface area (Å²) >= 11 is 3.96. The van der Waals surface area contributed by atoms with Gasteiger partial charge in [0.1, 0.15) is 0 Å². The van der Waals surface area contributed by atoms with Gasteiger partial charge in [-0.2, -0.15) is 0 Å². The zero-order valence-corrected chi connectivity index (χ0v) is 11.4. The van der Waals surface area contributed by atoms with Crippen molar-refractivity contribution in [3.05, 3.63) is 65.0 Å². The third-order valence-corrected chi connectivity index (χ3v) is 6.15. The van der Waals surface area contributed by atoms with Gasteiger partial charge in [-0.15, -0.1) is 23.1 Å². The molecular formula is C16H12S2. The van der Waals surface area contributed by atoms with Gasteiger partial charge >= 0.3 is 0 Å². The van der Waals surface area contributed by atoms with Crippen LogP contribution in [0, 0.1) is 0 Å². The van der Waals surface area contributed by atoms with Crippen LogP contribution < -0.4 is 0 Å². The Kier molecular flexibility index (Phi) is 2.45. The molecule has 88 valence electrons. The second kappa shape index (κ2) is 4.15. The molecule has 0 saturated heterocycles. The van der Waals surface area contributed by atoms with Crippen LogP contribution in [-0.2, 0) is 6.42 Å². The van der Waals surface area contributed by atoms with Gasteiger partial charge in [-0.05, 0) is 35.6 Å². The number of hydrogen-bond acceptors (Lipinski definition) is 2. The van der Waals surface area contributed by atoms with Gasteiger partial charge in [-0.3, -0.25) is 0 Å². The Balaban J connectivity index is 1.73. The van der Waals surface area contributed by atoms with E-state index in [0.29, 0.717) is 5.25 Å². The molecule has 0 aliphatic carbocycles. The average Bonchev–Trinajstić information content (AvgIpc) is 3.02. The van der Waals surface area contributed by atoms with E-state index in [9.17, 15) is 0 Å². The highest BCUT2D eigenvalue weighted by atomic mass is 32.2. The van der Waals surface area contributed by atoms with E-state index in [-0.39, 0.29) is 0 Å². The molecule has 1 atom stereocenters. The average molecular weight is 268 g/mol. The fourth-order valence-electron chi connectivity index (χ4n) is 2.50. The fourth-order valence-corrected chi connectivity index (χ4v) is 5.05. The molecule has 2 heterocycles. The monoisotopic (exact) mass is 268 g/mol. The van der Waals surface area contributed by atoms with Crippen molar-refractivity contribution in [2.24, 2.45) is 0 Å². The number of hydrogen-bond donors (Lipinski definition) is 0. The smallest absolute Gasteiger partial charge is 0.0479 e. The van der Waals surface area contributed by atoms with Gasteiger partial charge in [-0.25, -0.2) is 0 Å². The molecule has 0 saturated carbocycles. The number of benzene rings is 2. The third kappa shape index (κ3) is 1.68. The minimum absolute atomic E-state index is 0.611. The highest BCUT2D eigenvalue weighted by Gasteiger charge is 2.24. The van der Waals surface area contributed by atoms with Gasteiger partial charge in [0.25, 0.3) is 0 Å². The number of thiophene rings is 1. The summed E-state index contributed by atoms with van der Waals surface area (Å²) in [5.74, 6) is 0. The van der Waals surface area contributed by atoms with Crippen molar-refractivity contribution in [2.75, 3.05) is 0 Å². The SMILES string of the molecule is c1ccc2c(c1)CC(c1cc3ccccc3s1)S2. The van der Waals surface area contributed by atoms with Crippen LogP contribution >= 0.6 is 23.1 Å². The predicted molar refractivity (Wildman–Crippen MR) is 80.6 cm³/mol. The van der Waals surface area contributed by atoms with E-state index < -0.39 is 0 Å². The molecule has 4 rings (SSSR count). The Hall–Kier alpha value is -1.25. The molecule has 0 amide bonds. The molecule has 0 radical (unpaired) electrons. The predicted octanol–water partition coefficient (Wildman–Crippen LogP) is 5.29. The summed E-state index contributed by atoms with van der Waals surface area (Å²) in [5.41, 5.74) is 1.50. The lowest BCUT2D eigenvalue weighted by Gasteiger charge is -2.03. The van der Waals surface area contributed by atoms with E-state index in [1.807, 2.05) is 23.1 Å². The van der Waals surface area contributed by atoms with E-state index in [2.05, 4.69) is 54.6 Å². The van der Waals surface area contributed by atoms with Crippen LogP contribution in [0.1, 0.15) is 15.7 Å². The minimum atomic E-state index is 0.611. The van der Waals surface area contributed by atoms with E-state index in [4.69, 9.17) is 0 Å². The maximum absolute atomic E-state index is 2.36. The van der Waals surface area contributed by atoms with Crippen molar-refractivity contribution in [1.82, 2.24) is 0 Å². The van der Waals surface area contributed by atoms with Crippen LogP contribution in [-0.4, -0.2) is 0 Å². The topological polar surface area (TPSA) is 0 Å². The first-order valence-electron chi connectivity index (χ1n) is 6.13. The quantitative estimate of drug-likeness (QED) is 0.578. The van der Waals surface area contributed by atoms with Crippen molar-refractivity contribution in [3.8, 4) is 0 Å². The molecule has 0 fully saturated rings. The van der Waals surface area contributed by atoms with Crippen LogP contribution in [0.4, 0.5) is 0 Å². The Bertz CT molecular complexity index is 654. The highest BCUT2D eigenvalue weighted by molar-refractivity contribution is 8.00. The highest BCUT2D eigenvalue weighted by Crippen LogP contribution is 2.48. The lowest BCUT2D eigenvalue weighted by Crippen LogP contribution is -1.87. The van der Waals surface area contributed by atoms with Crippen molar-refractivity contribution in [2.45, 2.75) is 16.6 Å². The summed E-state index contributed by atoms with van der Waals surface area (Å²) < 4.78 is 1.41. The second-order valence-corrected chi connectivity index (χ2v) is 6.96. The first-order chi connectivity index (χ1) is 8.90. The van der Waals surface area contributed by atoms with Crippen LogP contribution in [0.5, 0.6) is 0 Å². The molecular weight excluding hydrogens is 256 g/mol. The van der Waals surface area contributed by atoms with Gasteiger partial charge in [-0.1, -0.05) is 36.4 Å². The molecule has 1 aromatic heterocycles. The van der Waals surface area contributed by atoms with Crippen LogP contribution in [0.2, 0.25) is 0 Å². The van der Waals surface area contributed by atoms with Gasteiger partial charge in [0.2, 0.25) is 0 Å². The van der Waals surface area contributed by atoms with Crippen molar-refractivity contribution in [1.29, 1.82) is 0 Å². The molecule has 0 nitrogen and oxygen atoms in total. The fraction of sp³-hybridized carbons (Fsp3) is 0.125. The third-order valence-electron chi connectivity index (χ3n) is 3.41. The molecule has 1 unspecified atom stereocenters. The zero-order chi connectivity index (χ0) is 11.9. The molecule has 1 aliphatic heterocycles. The molecule has 3 aromatic rings. The molecule has 2 aromatic carbocycles. The van der Waals surface area contributed by atoms with Gasteiger partial charge in [0.15, 0.2) is 0 Å². The van der Waals surface area contributed by atoms with Crippen LogP contribution in [0.25, 0.3) is 10.1 Å². The summed E-state index contributed by atoms with van der Waals surface area (Å²) in [6.07, 6.45) is 1.17. The van der Waals surface area contributed by atoms with Crippen molar-refractivity contribution >= 4 is 33.2 Å². The van der Waals surface area contributed by atoms with E-state index in [0.717, 1.165) is 0 Å². The Morgan fingerprint density at radius 3 is 2.67 bits per heavy atom. The molecule has 0 bridgehead atoms. The Morgan fingerprint density at radius 1 is 0.944 bits per heavy atom. The maximum Gasteiger partial charge on any atom is 0.0479 e. The lowest BCUT2D eigenvalue weighted by molar-refractivity contribution is 0.970. The standard InChI is InChI=1S/C16H12S2/c1-3-7-13-11(5-1)9-15(17-13)16-10-12-6-2-4-8-14(12)18-16/h1-9,16H,10H2. The van der Waals surface area contributed by atoms with Crippen LogP contribution in [0.3, 0.4) is 0 Å². The number of fused-ring (bicyclic) bond motifs is 2. The van der Waals surface area contributed by atoms with Gasteiger partial charge in [0.05, 0.1) is 0 Å². The lowest BCUT2D eigenvalue weighted by atomic mass is 10.1. The maximum atomic E-state index is 2.36. The zero-order valence-electron chi connectivity index (χ0n) is 9.80. The summed E-state index contributed by atoms with van der Waals surface area (Å²) in [4.78, 5) is 2.97.